The summed E-state index contributed by atoms with van der Waals surface area (Å²) in [6.45, 7) is 1.34. The molecule has 0 bridgehead atoms. The summed E-state index contributed by atoms with van der Waals surface area (Å²) in [5.74, 6) is 0.860. The second-order valence-corrected chi connectivity index (χ2v) is 2.96. The molecule has 1 aromatic heterocycles. The number of cyclic esters (lactones) is 1. The number of carbonyl (C=O) groups excluding carboxylic acids is 2. The lowest BCUT2D eigenvalue weighted by molar-refractivity contribution is 0.109. The molecule has 2 heterocycles. The van der Waals surface area contributed by atoms with Crippen molar-refractivity contribution in [3.05, 3.63) is 23.7 Å². The highest BCUT2D eigenvalue weighted by Crippen LogP contribution is 2.12. The normalized spacial score (nSPS) is 15.7. The summed E-state index contributed by atoms with van der Waals surface area (Å²) in [7, 11) is 0. The molecule has 5 heteroatoms. The molecule has 1 aromatic rings. The fourth-order valence-electron chi connectivity index (χ4n) is 1.30. The van der Waals surface area contributed by atoms with Gasteiger partial charge in [0.2, 0.25) is 0 Å². The van der Waals surface area contributed by atoms with Crippen molar-refractivity contribution in [3.8, 4) is 0 Å². The summed E-state index contributed by atoms with van der Waals surface area (Å²) in [4.78, 5) is 22.9. The standard InChI is InChI=1S/C9H9NO4/c11-6-8-2-1-7(14-8)5-10-3-4-13-9(10)12/h1-2,6H,3-5H2. The number of rotatable bonds is 3. The molecule has 5 nitrogen and oxygen atoms in total. The predicted octanol–water partition coefficient (Wildman–Crippen LogP) is 1.04. The van der Waals surface area contributed by atoms with Crippen LogP contribution in [-0.2, 0) is 11.3 Å². The van der Waals surface area contributed by atoms with Gasteiger partial charge in [-0.25, -0.2) is 4.79 Å². The van der Waals surface area contributed by atoms with Gasteiger partial charge in [0.15, 0.2) is 12.0 Å². The van der Waals surface area contributed by atoms with Crippen molar-refractivity contribution in [2.24, 2.45) is 0 Å². The van der Waals surface area contributed by atoms with Gasteiger partial charge in [0, 0.05) is 0 Å². The van der Waals surface area contributed by atoms with Crippen molar-refractivity contribution in [2.45, 2.75) is 6.54 Å². The smallest absolute Gasteiger partial charge is 0.410 e. The lowest BCUT2D eigenvalue weighted by Crippen LogP contribution is -2.23. The number of hydrogen-bond acceptors (Lipinski definition) is 4. The molecular formula is C9H9NO4. The number of aldehydes is 1. The molecule has 1 aliphatic rings. The quantitative estimate of drug-likeness (QED) is 0.676. The number of carbonyl (C=O) groups is 2. The minimum absolute atomic E-state index is 0.271. The average molecular weight is 195 g/mol. The van der Waals surface area contributed by atoms with Gasteiger partial charge < -0.3 is 9.15 Å². The molecule has 0 unspecified atom stereocenters. The third kappa shape index (κ3) is 1.61. The van der Waals surface area contributed by atoms with E-state index in [-0.39, 0.29) is 11.9 Å². The maximum absolute atomic E-state index is 11.0. The van der Waals surface area contributed by atoms with Crippen LogP contribution in [-0.4, -0.2) is 30.4 Å². The molecule has 0 aliphatic carbocycles. The van der Waals surface area contributed by atoms with Crippen molar-refractivity contribution in [2.75, 3.05) is 13.2 Å². The molecule has 2 rings (SSSR count). The Balaban J connectivity index is 2.03. The lowest BCUT2D eigenvalue weighted by atomic mass is 10.4. The van der Waals surface area contributed by atoms with E-state index in [9.17, 15) is 9.59 Å². The predicted molar refractivity (Wildman–Crippen MR) is 45.9 cm³/mol. The van der Waals surface area contributed by atoms with Gasteiger partial charge in [-0.1, -0.05) is 0 Å². The van der Waals surface area contributed by atoms with E-state index in [0.29, 0.717) is 31.7 Å². The molecule has 0 aromatic carbocycles. The van der Waals surface area contributed by atoms with Crippen molar-refractivity contribution >= 4 is 12.4 Å². The molecule has 74 valence electrons. The molecule has 0 radical (unpaired) electrons. The molecule has 1 fully saturated rings. The third-order valence-electron chi connectivity index (χ3n) is 1.99. The number of hydrogen-bond donors (Lipinski definition) is 0. The Bertz CT molecular complexity index is 357. The van der Waals surface area contributed by atoms with Crippen LogP contribution < -0.4 is 0 Å². The van der Waals surface area contributed by atoms with Crippen molar-refractivity contribution in [1.82, 2.24) is 4.90 Å². The number of ether oxygens (including phenoxy) is 1. The zero-order valence-electron chi connectivity index (χ0n) is 7.43. The monoisotopic (exact) mass is 195 g/mol. The summed E-state index contributed by atoms with van der Waals surface area (Å²) in [6, 6.07) is 3.25. The van der Waals surface area contributed by atoms with E-state index in [4.69, 9.17) is 9.15 Å². The summed E-state index contributed by atoms with van der Waals surface area (Å²) in [6.07, 6.45) is 0.292. The first-order chi connectivity index (χ1) is 6.79. The number of furan rings is 1. The van der Waals surface area contributed by atoms with E-state index >= 15 is 0 Å². The molecule has 1 amide bonds. The first-order valence-electron chi connectivity index (χ1n) is 4.25. The van der Waals surface area contributed by atoms with Gasteiger partial charge in [-0.15, -0.1) is 0 Å². The number of amides is 1. The maximum Gasteiger partial charge on any atom is 0.410 e. The fraction of sp³-hybridized carbons (Fsp3) is 0.333. The van der Waals surface area contributed by atoms with Crippen LogP contribution in [0.15, 0.2) is 16.5 Å². The first kappa shape index (κ1) is 8.80. The highest BCUT2D eigenvalue weighted by molar-refractivity contribution is 5.71. The highest BCUT2D eigenvalue weighted by Gasteiger charge is 2.22. The average Bonchev–Trinajstić information content (AvgIpc) is 2.77. The second-order valence-electron chi connectivity index (χ2n) is 2.96. The van der Waals surface area contributed by atoms with Crippen LogP contribution in [0.5, 0.6) is 0 Å². The number of nitrogens with zero attached hydrogens (tertiary/aromatic N) is 1. The molecule has 14 heavy (non-hydrogen) atoms. The van der Waals surface area contributed by atoms with E-state index < -0.39 is 0 Å². The first-order valence-corrected chi connectivity index (χ1v) is 4.25. The molecule has 0 spiro atoms. The largest absolute Gasteiger partial charge is 0.456 e. The maximum atomic E-state index is 11.0. The SMILES string of the molecule is O=Cc1ccc(CN2CCOC2=O)o1. The molecule has 0 atom stereocenters. The Kier molecular flexibility index (Phi) is 2.22. The van der Waals surface area contributed by atoms with E-state index in [0.717, 1.165) is 0 Å². The van der Waals surface area contributed by atoms with Crippen molar-refractivity contribution in [3.63, 3.8) is 0 Å². The zero-order chi connectivity index (χ0) is 9.97. The van der Waals surface area contributed by atoms with E-state index in [1.54, 1.807) is 12.1 Å². The third-order valence-corrected chi connectivity index (χ3v) is 1.99. The van der Waals surface area contributed by atoms with Crippen LogP contribution in [0.4, 0.5) is 4.79 Å². The van der Waals surface area contributed by atoms with Crippen LogP contribution in [0.2, 0.25) is 0 Å². The van der Waals surface area contributed by atoms with Gasteiger partial charge in [0.25, 0.3) is 0 Å². The summed E-state index contributed by atoms with van der Waals surface area (Å²) >= 11 is 0. The van der Waals surface area contributed by atoms with Crippen LogP contribution in [0.25, 0.3) is 0 Å². The lowest BCUT2D eigenvalue weighted by Gasteiger charge is -2.09. The van der Waals surface area contributed by atoms with E-state index in [2.05, 4.69) is 0 Å². The Morgan fingerprint density at radius 3 is 2.93 bits per heavy atom. The summed E-state index contributed by atoms with van der Waals surface area (Å²) in [5, 5.41) is 0. The Hall–Kier alpha value is -1.78. The van der Waals surface area contributed by atoms with Gasteiger partial charge in [-0.3, -0.25) is 9.69 Å². The highest BCUT2D eigenvalue weighted by atomic mass is 16.6. The van der Waals surface area contributed by atoms with Crippen LogP contribution in [0, 0.1) is 0 Å². The van der Waals surface area contributed by atoms with Gasteiger partial charge in [0.1, 0.15) is 12.4 Å². The van der Waals surface area contributed by atoms with Crippen molar-refractivity contribution < 1.29 is 18.7 Å². The van der Waals surface area contributed by atoms with Gasteiger partial charge in [0.05, 0.1) is 13.1 Å². The topological polar surface area (TPSA) is 59.8 Å². The summed E-state index contributed by atoms with van der Waals surface area (Å²) < 4.78 is 9.87. The van der Waals surface area contributed by atoms with Gasteiger partial charge in [-0.2, -0.15) is 0 Å². The van der Waals surface area contributed by atoms with Gasteiger partial charge >= 0.3 is 6.09 Å². The Labute approximate surface area is 80.2 Å². The van der Waals surface area contributed by atoms with E-state index in [1.165, 1.54) is 4.90 Å². The van der Waals surface area contributed by atoms with Gasteiger partial charge in [-0.05, 0) is 12.1 Å². The molecular weight excluding hydrogens is 186 g/mol. The van der Waals surface area contributed by atoms with Crippen LogP contribution in [0.1, 0.15) is 16.3 Å². The zero-order valence-corrected chi connectivity index (χ0v) is 7.43. The van der Waals surface area contributed by atoms with Crippen LogP contribution >= 0.6 is 0 Å². The molecule has 0 saturated carbocycles. The minimum atomic E-state index is -0.339. The Morgan fingerprint density at radius 2 is 2.36 bits per heavy atom. The Morgan fingerprint density at radius 1 is 1.50 bits per heavy atom. The molecule has 1 saturated heterocycles. The fourth-order valence-corrected chi connectivity index (χ4v) is 1.30. The summed E-state index contributed by atoms with van der Waals surface area (Å²) in [5.41, 5.74) is 0. The van der Waals surface area contributed by atoms with E-state index in [1.807, 2.05) is 0 Å². The van der Waals surface area contributed by atoms with Crippen LogP contribution in [0.3, 0.4) is 0 Å². The molecule has 1 aliphatic heterocycles. The molecule has 0 N–H and O–H groups in total. The minimum Gasteiger partial charge on any atom is -0.456 e. The van der Waals surface area contributed by atoms with Crippen molar-refractivity contribution in [1.29, 1.82) is 0 Å². The second kappa shape index (κ2) is 3.53.